The number of rotatable bonds is 1. The van der Waals surface area contributed by atoms with Gasteiger partial charge in [-0.1, -0.05) is 46.7 Å². The number of hydrogen-bond acceptors (Lipinski definition) is 0. The maximum Gasteiger partial charge on any atom is 0.116 e. The number of halogens is 2. The fraction of sp³-hybridized carbons (Fsp3) is 0. The molecule has 0 saturated heterocycles. The zero-order valence-electron chi connectivity index (χ0n) is 4.51. The van der Waals surface area contributed by atoms with Crippen LogP contribution in [0.15, 0.2) is 24.3 Å². The van der Waals surface area contributed by atoms with Crippen molar-refractivity contribution in [3.63, 3.8) is 0 Å². The normalized spacial score (nSPS) is 10.1. The molecule has 0 unspecified atom stereocenters. The predicted molar refractivity (Wildman–Crippen MR) is 43.5 cm³/mol. The molecule has 1 aromatic rings. The zero-order chi connectivity index (χ0) is 6.69. The van der Waals surface area contributed by atoms with Crippen LogP contribution in [0.2, 0.25) is 0 Å². The monoisotopic (exact) mass is 177 g/mol. The largest absolute Gasteiger partial charge is 0.116 e. The van der Waals surface area contributed by atoms with E-state index in [1.807, 2.05) is 12.1 Å². The lowest BCUT2D eigenvalue weighted by Crippen LogP contribution is -1.90. The van der Waals surface area contributed by atoms with Crippen molar-refractivity contribution in [1.29, 1.82) is 0 Å². The van der Waals surface area contributed by atoms with Gasteiger partial charge >= 0.3 is 0 Å². The van der Waals surface area contributed by atoms with E-state index in [0.29, 0.717) is 0 Å². The first-order chi connectivity index (χ1) is 4.30. The van der Waals surface area contributed by atoms with Crippen LogP contribution in [-0.2, 0) is 0 Å². The molecule has 0 heterocycles. The lowest BCUT2D eigenvalue weighted by Gasteiger charge is -1.96. The van der Waals surface area contributed by atoms with Crippen molar-refractivity contribution in [2.45, 2.75) is 0 Å². The lowest BCUT2D eigenvalue weighted by molar-refractivity contribution is 1.76. The van der Waals surface area contributed by atoms with Crippen molar-refractivity contribution in [2.75, 3.05) is 0 Å². The minimum absolute atomic E-state index is 0.971. The molecule has 47 valence electrons. The van der Waals surface area contributed by atoms with Crippen LogP contribution < -0.4 is 5.30 Å². The van der Waals surface area contributed by atoms with E-state index in [0.717, 1.165) is 5.30 Å². The highest BCUT2D eigenvalue weighted by molar-refractivity contribution is 8.08. The van der Waals surface area contributed by atoms with Crippen LogP contribution in [0.5, 0.6) is 0 Å². The Balaban J connectivity index is 2.85. The fourth-order valence-corrected chi connectivity index (χ4v) is 1.54. The van der Waals surface area contributed by atoms with E-state index >= 15 is 0 Å². The van der Waals surface area contributed by atoms with Gasteiger partial charge in [0, 0.05) is 5.30 Å². The van der Waals surface area contributed by atoms with Gasteiger partial charge in [0.05, 0.1) is 0 Å². The molecule has 0 saturated carbocycles. The van der Waals surface area contributed by atoms with Gasteiger partial charge in [0.1, 0.15) is 6.63 Å². The summed E-state index contributed by atoms with van der Waals surface area (Å²) in [7, 11) is 0. The van der Waals surface area contributed by atoms with Gasteiger partial charge in [-0.05, 0) is 6.07 Å². The van der Waals surface area contributed by atoms with Gasteiger partial charge in [-0.25, -0.2) is 0 Å². The molecule has 0 aliphatic rings. The first-order valence-electron chi connectivity index (χ1n) is 2.38. The molecule has 1 radical (unpaired) electrons. The lowest BCUT2D eigenvalue weighted by atomic mass is 10.4. The summed E-state index contributed by atoms with van der Waals surface area (Å²) in [4.78, 5) is 0. The molecule has 0 aromatic heterocycles. The summed E-state index contributed by atoms with van der Waals surface area (Å²) in [6.07, 6.45) is 0. The van der Waals surface area contributed by atoms with Gasteiger partial charge in [-0.15, -0.1) is 0 Å². The van der Waals surface area contributed by atoms with Crippen molar-refractivity contribution in [1.82, 2.24) is 0 Å². The second kappa shape index (κ2) is 3.41. The highest BCUT2D eigenvalue weighted by Crippen LogP contribution is 2.44. The van der Waals surface area contributed by atoms with Crippen LogP contribution in [0, 0.1) is 6.07 Å². The fourth-order valence-electron chi connectivity index (χ4n) is 0.491. The zero-order valence-corrected chi connectivity index (χ0v) is 6.92. The van der Waals surface area contributed by atoms with E-state index in [1.165, 1.54) is 0 Å². The molecule has 0 atom stereocenters. The summed E-state index contributed by atoms with van der Waals surface area (Å²) in [6.45, 7) is -0.971. The Morgan fingerprint density at radius 3 is 2.11 bits per heavy atom. The minimum Gasteiger partial charge on any atom is -0.0727 e. The Hall–Kier alpha value is 0.230. The summed E-state index contributed by atoms with van der Waals surface area (Å²) in [5, 5.41) is 0.979. The predicted octanol–water partition coefficient (Wildman–Crippen LogP) is 2.90. The van der Waals surface area contributed by atoms with E-state index in [4.69, 9.17) is 22.5 Å². The quantitative estimate of drug-likeness (QED) is 0.580. The molecule has 0 nitrogen and oxygen atoms in total. The Bertz CT molecular complexity index is 174. The number of hydrogen-bond donors (Lipinski definition) is 0. The van der Waals surface area contributed by atoms with Gasteiger partial charge in [0.2, 0.25) is 0 Å². The van der Waals surface area contributed by atoms with Crippen molar-refractivity contribution in [3.8, 4) is 0 Å². The van der Waals surface area contributed by atoms with E-state index in [-0.39, 0.29) is 0 Å². The van der Waals surface area contributed by atoms with E-state index in [9.17, 15) is 0 Å². The first kappa shape index (κ1) is 7.34. The molecular weight excluding hydrogens is 174 g/mol. The third-order valence-electron chi connectivity index (χ3n) is 0.896. The molecule has 0 amide bonds. The van der Waals surface area contributed by atoms with Gasteiger partial charge < -0.3 is 0 Å². The molecular formula is C6H4Cl2P. The maximum absolute atomic E-state index is 5.62. The second-order valence-electron chi connectivity index (χ2n) is 1.49. The number of benzene rings is 1. The summed E-state index contributed by atoms with van der Waals surface area (Å²) in [5.41, 5.74) is 0. The van der Waals surface area contributed by atoms with Crippen LogP contribution in [0.1, 0.15) is 0 Å². The van der Waals surface area contributed by atoms with E-state index in [1.54, 1.807) is 12.1 Å². The molecule has 0 aliphatic carbocycles. The smallest absolute Gasteiger partial charge is 0.0727 e. The van der Waals surface area contributed by atoms with Crippen molar-refractivity contribution in [3.05, 3.63) is 30.3 Å². The average Bonchev–Trinajstić information content (AvgIpc) is 1.90. The molecule has 0 fully saturated rings. The van der Waals surface area contributed by atoms with Gasteiger partial charge in [-0.3, -0.25) is 0 Å². The third-order valence-corrected chi connectivity index (χ3v) is 2.76. The van der Waals surface area contributed by atoms with Gasteiger partial charge in [0.15, 0.2) is 0 Å². The molecule has 1 aromatic carbocycles. The Kier molecular flexibility index (Phi) is 2.78. The SMILES string of the molecule is ClP(Cl)c1cc[c]cc1. The maximum atomic E-state index is 5.62. The Morgan fingerprint density at radius 2 is 1.78 bits per heavy atom. The highest BCUT2D eigenvalue weighted by atomic mass is 35.9. The molecule has 0 spiro atoms. The van der Waals surface area contributed by atoms with Gasteiger partial charge in [0.25, 0.3) is 0 Å². The molecule has 0 aliphatic heterocycles. The first-order valence-corrected chi connectivity index (χ1v) is 5.53. The van der Waals surface area contributed by atoms with Crippen molar-refractivity contribution < 1.29 is 0 Å². The highest BCUT2D eigenvalue weighted by Gasteiger charge is 1.99. The summed E-state index contributed by atoms with van der Waals surface area (Å²) < 4.78 is 0. The molecule has 0 bridgehead atoms. The van der Waals surface area contributed by atoms with Crippen molar-refractivity contribution >= 4 is 34.4 Å². The van der Waals surface area contributed by atoms with Crippen LogP contribution in [0.4, 0.5) is 0 Å². The summed E-state index contributed by atoms with van der Waals surface area (Å²) in [5.74, 6) is 0. The Morgan fingerprint density at radius 1 is 1.22 bits per heavy atom. The third kappa shape index (κ3) is 2.14. The topological polar surface area (TPSA) is 0 Å². The standard InChI is InChI=1S/C6H4Cl2P/c7-9(8)6-4-2-1-3-5-6/h2-5H. The molecule has 1 rings (SSSR count). The summed E-state index contributed by atoms with van der Waals surface area (Å²) in [6, 6.07) is 10.2. The molecule has 0 N–H and O–H groups in total. The van der Waals surface area contributed by atoms with Crippen LogP contribution in [-0.4, -0.2) is 0 Å². The summed E-state index contributed by atoms with van der Waals surface area (Å²) >= 11 is 11.2. The van der Waals surface area contributed by atoms with Gasteiger partial charge in [-0.2, -0.15) is 0 Å². The van der Waals surface area contributed by atoms with Crippen LogP contribution in [0.25, 0.3) is 0 Å². The van der Waals surface area contributed by atoms with Crippen molar-refractivity contribution in [2.24, 2.45) is 0 Å². The van der Waals surface area contributed by atoms with Crippen LogP contribution >= 0.6 is 29.1 Å². The Labute approximate surface area is 65.1 Å². The second-order valence-corrected chi connectivity index (χ2v) is 5.02. The van der Waals surface area contributed by atoms with E-state index < -0.39 is 6.63 Å². The minimum atomic E-state index is -0.971. The van der Waals surface area contributed by atoms with E-state index in [2.05, 4.69) is 6.07 Å². The average molecular weight is 178 g/mol. The molecule has 3 heteroatoms. The van der Waals surface area contributed by atoms with Crippen LogP contribution in [0.3, 0.4) is 0 Å². The molecule has 9 heavy (non-hydrogen) atoms.